The van der Waals surface area contributed by atoms with Crippen molar-refractivity contribution in [2.75, 3.05) is 26.8 Å². The van der Waals surface area contributed by atoms with Gasteiger partial charge < -0.3 is 19.8 Å². The smallest absolute Gasteiger partial charge is 0.230 e. The first-order valence-corrected chi connectivity index (χ1v) is 5.47. The zero-order valence-corrected chi connectivity index (χ0v) is 10.2. The van der Waals surface area contributed by atoms with Crippen LogP contribution in [0, 0.1) is 6.92 Å². The number of rotatable bonds is 8. The van der Waals surface area contributed by atoms with E-state index in [2.05, 4.69) is 20.8 Å². The summed E-state index contributed by atoms with van der Waals surface area (Å²) in [4.78, 5) is 11.3. The van der Waals surface area contributed by atoms with Gasteiger partial charge in [0.2, 0.25) is 17.7 Å². The van der Waals surface area contributed by atoms with Gasteiger partial charge in [0.05, 0.1) is 13.2 Å². The van der Waals surface area contributed by atoms with Gasteiger partial charge in [-0.3, -0.25) is 4.79 Å². The Balaban J connectivity index is 2.02. The molecule has 0 aromatic carbocycles. The fraction of sp³-hybridized carbons (Fsp3) is 0.700. The highest BCUT2D eigenvalue weighted by Gasteiger charge is 2.03. The summed E-state index contributed by atoms with van der Waals surface area (Å²) >= 11 is 0. The summed E-state index contributed by atoms with van der Waals surface area (Å²) in [5.74, 6) is 1.07. The lowest BCUT2D eigenvalue weighted by molar-refractivity contribution is -0.121. The molecule has 2 N–H and O–H groups in total. The first-order chi connectivity index (χ1) is 8.22. The SMILES string of the molecule is COCCNC(=O)CCNCc1nnc(C)o1. The molecule has 1 aromatic rings. The molecule has 0 bridgehead atoms. The topological polar surface area (TPSA) is 89.3 Å². The molecular formula is C10H18N4O3. The van der Waals surface area contributed by atoms with Gasteiger partial charge >= 0.3 is 0 Å². The minimum Gasteiger partial charge on any atom is -0.424 e. The molecule has 1 aromatic heterocycles. The number of amides is 1. The zero-order valence-electron chi connectivity index (χ0n) is 10.2. The first-order valence-electron chi connectivity index (χ1n) is 5.47. The van der Waals surface area contributed by atoms with Crippen molar-refractivity contribution in [2.45, 2.75) is 19.9 Å². The Morgan fingerprint density at radius 3 is 2.88 bits per heavy atom. The summed E-state index contributed by atoms with van der Waals surface area (Å²) in [6.45, 7) is 3.85. The Labute approximate surface area is 99.9 Å². The van der Waals surface area contributed by atoms with Crippen molar-refractivity contribution < 1.29 is 13.9 Å². The van der Waals surface area contributed by atoms with Gasteiger partial charge in [0, 0.05) is 33.5 Å². The third-order valence-electron chi connectivity index (χ3n) is 2.00. The Morgan fingerprint density at radius 1 is 1.41 bits per heavy atom. The highest BCUT2D eigenvalue weighted by molar-refractivity contribution is 5.75. The third kappa shape index (κ3) is 5.98. The number of aryl methyl sites for hydroxylation is 1. The van der Waals surface area contributed by atoms with E-state index in [1.807, 2.05) is 0 Å². The van der Waals surface area contributed by atoms with E-state index >= 15 is 0 Å². The Morgan fingerprint density at radius 2 is 2.24 bits per heavy atom. The monoisotopic (exact) mass is 242 g/mol. The molecule has 0 unspecified atom stereocenters. The summed E-state index contributed by atoms with van der Waals surface area (Å²) in [6.07, 6.45) is 0.414. The van der Waals surface area contributed by atoms with E-state index in [-0.39, 0.29) is 5.91 Å². The van der Waals surface area contributed by atoms with E-state index < -0.39 is 0 Å². The van der Waals surface area contributed by atoms with Gasteiger partial charge in [-0.1, -0.05) is 0 Å². The van der Waals surface area contributed by atoms with Crippen LogP contribution in [0.25, 0.3) is 0 Å². The molecule has 1 rings (SSSR count). The number of hydrogen-bond acceptors (Lipinski definition) is 6. The van der Waals surface area contributed by atoms with Crippen LogP contribution < -0.4 is 10.6 Å². The molecule has 0 aliphatic carbocycles. The Hall–Kier alpha value is -1.47. The maximum Gasteiger partial charge on any atom is 0.230 e. The van der Waals surface area contributed by atoms with Crippen molar-refractivity contribution in [3.63, 3.8) is 0 Å². The minimum atomic E-state index is -0.00346. The van der Waals surface area contributed by atoms with Crippen LogP contribution in [0.1, 0.15) is 18.2 Å². The van der Waals surface area contributed by atoms with Crippen LogP contribution in [0.15, 0.2) is 4.42 Å². The highest BCUT2D eigenvalue weighted by atomic mass is 16.5. The average molecular weight is 242 g/mol. The predicted molar refractivity (Wildman–Crippen MR) is 60.2 cm³/mol. The summed E-state index contributed by atoms with van der Waals surface area (Å²) in [5, 5.41) is 13.3. The largest absolute Gasteiger partial charge is 0.424 e. The quantitative estimate of drug-likeness (QED) is 0.604. The predicted octanol–water partition coefficient (Wildman–Crippen LogP) is -0.380. The molecule has 1 amide bonds. The van der Waals surface area contributed by atoms with Gasteiger partial charge in [0.1, 0.15) is 0 Å². The average Bonchev–Trinajstić information content (AvgIpc) is 2.71. The van der Waals surface area contributed by atoms with Crippen LogP contribution in [0.2, 0.25) is 0 Å². The van der Waals surface area contributed by atoms with E-state index in [4.69, 9.17) is 9.15 Å². The summed E-state index contributed by atoms with van der Waals surface area (Å²) in [7, 11) is 1.60. The van der Waals surface area contributed by atoms with Crippen molar-refractivity contribution in [1.29, 1.82) is 0 Å². The van der Waals surface area contributed by atoms with Gasteiger partial charge in [-0.25, -0.2) is 0 Å². The summed E-state index contributed by atoms with van der Waals surface area (Å²) in [5.41, 5.74) is 0. The molecule has 0 fully saturated rings. The van der Waals surface area contributed by atoms with E-state index in [0.717, 1.165) is 0 Å². The number of carbonyl (C=O) groups excluding carboxylic acids is 1. The number of hydrogen-bond donors (Lipinski definition) is 2. The van der Waals surface area contributed by atoms with Crippen LogP contribution in [0.5, 0.6) is 0 Å². The molecule has 0 aliphatic heterocycles. The molecule has 0 aliphatic rings. The van der Waals surface area contributed by atoms with Crippen molar-refractivity contribution in [3.8, 4) is 0 Å². The van der Waals surface area contributed by atoms with E-state index in [9.17, 15) is 4.79 Å². The fourth-order valence-electron chi connectivity index (χ4n) is 1.19. The van der Waals surface area contributed by atoms with Crippen molar-refractivity contribution in [2.24, 2.45) is 0 Å². The molecule has 0 atom stereocenters. The summed E-state index contributed by atoms with van der Waals surface area (Å²) < 4.78 is 9.99. The number of nitrogens with zero attached hydrogens (tertiary/aromatic N) is 2. The van der Waals surface area contributed by atoms with Crippen LogP contribution in [-0.4, -0.2) is 42.9 Å². The molecule has 7 nitrogen and oxygen atoms in total. The molecule has 0 saturated heterocycles. The van der Waals surface area contributed by atoms with Gasteiger partial charge in [0.15, 0.2) is 0 Å². The number of carbonyl (C=O) groups is 1. The maximum absolute atomic E-state index is 11.3. The van der Waals surface area contributed by atoms with Crippen molar-refractivity contribution in [1.82, 2.24) is 20.8 Å². The second-order valence-corrected chi connectivity index (χ2v) is 3.48. The van der Waals surface area contributed by atoms with Crippen LogP contribution in [0.4, 0.5) is 0 Å². The standard InChI is InChI=1S/C10H18N4O3/c1-8-13-14-10(17-8)7-11-4-3-9(15)12-5-6-16-2/h11H,3-7H2,1-2H3,(H,12,15). The van der Waals surface area contributed by atoms with Gasteiger partial charge in [0.25, 0.3) is 0 Å². The van der Waals surface area contributed by atoms with E-state index in [1.54, 1.807) is 14.0 Å². The molecule has 0 radical (unpaired) electrons. The van der Waals surface area contributed by atoms with Crippen molar-refractivity contribution in [3.05, 3.63) is 11.8 Å². The van der Waals surface area contributed by atoms with Gasteiger partial charge in [-0.2, -0.15) is 0 Å². The maximum atomic E-state index is 11.3. The van der Waals surface area contributed by atoms with Gasteiger partial charge in [-0.05, 0) is 0 Å². The lowest BCUT2D eigenvalue weighted by Gasteiger charge is -2.04. The number of aromatic nitrogens is 2. The molecule has 7 heteroatoms. The normalized spacial score (nSPS) is 10.5. The minimum absolute atomic E-state index is 0.00346. The number of methoxy groups -OCH3 is 1. The number of nitrogens with one attached hydrogen (secondary N) is 2. The van der Waals surface area contributed by atoms with Crippen LogP contribution >= 0.6 is 0 Å². The van der Waals surface area contributed by atoms with Crippen LogP contribution in [0.3, 0.4) is 0 Å². The molecule has 17 heavy (non-hydrogen) atoms. The lowest BCUT2D eigenvalue weighted by Crippen LogP contribution is -2.29. The fourth-order valence-corrected chi connectivity index (χ4v) is 1.19. The second kappa shape index (κ2) is 7.75. The van der Waals surface area contributed by atoms with Gasteiger partial charge in [-0.15, -0.1) is 10.2 Å². The van der Waals surface area contributed by atoms with Crippen LogP contribution in [-0.2, 0) is 16.1 Å². The third-order valence-corrected chi connectivity index (χ3v) is 2.00. The zero-order chi connectivity index (χ0) is 12.5. The highest BCUT2D eigenvalue weighted by Crippen LogP contribution is 1.96. The second-order valence-electron chi connectivity index (χ2n) is 3.48. The first kappa shape index (κ1) is 13.6. The Bertz CT molecular complexity index is 340. The number of ether oxygens (including phenoxy) is 1. The lowest BCUT2D eigenvalue weighted by atomic mass is 10.4. The Kier molecular flexibility index (Phi) is 6.19. The van der Waals surface area contributed by atoms with E-state index in [0.29, 0.717) is 44.4 Å². The molecular weight excluding hydrogens is 224 g/mol. The molecule has 1 heterocycles. The molecule has 0 spiro atoms. The van der Waals surface area contributed by atoms with Crippen molar-refractivity contribution >= 4 is 5.91 Å². The summed E-state index contributed by atoms with van der Waals surface area (Å²) in [6, 6.07) is 0. The van der Waals surface area contributed by atoms with E-state index in [1.165, 1.54) is 0 Å². The molecule has 0 saturated carbocycles. The molecule has 96 valence electrons.